The molecule has 0 aliphatic carbocycles. The average molecular weight is 326 g/mol. The van der Waals surface area contributed by atoms with Gasteiger partial charge >= 0.3 is 6.03 Å². The van der Waals surface area contributed by atoms with Crippen LogP contribution in [0.4, 0.5) is 10.6 Å². The number of anilines is 1. The number of hydrogen-bond donors (Lipinski definition) is 1. The van der Waals surface area contributed by atoms with Crippen molar-refractivity contribution in [2.24, 2.45) is 12.5 Å². The van der Waals surface area contributed by atoms with Gasteiger partial charge in [-0.05, 0) is 24.3 Å². The Morgan fingerprint density at radius 2 is 2.00 bits per heavy atom. The van der Waals surface area contributed by atoms with Gasteiger partial charge in [-0.2, -0.15) is 5.10 Å². The van der Waals surface area contributed by atoms with Crippen molar-refractivity contribution < 1.29 is 4.79 Å². The van der Waals surface area contributed by atoms with Gasteiger partial charge in [-0.25, -0.2) is 4.79 Å². The van der Waals surface area contributed by atoms with Gasteiger partial charge < -0.3 is 4.90 Å². The average Bonchev–Trinajstić information content (AvgIpc) is 2.85. The molecule has 1 atom stereocenters. The van der Waals surface area contributed by atoms with Gasteiger partial charge in [-0.15, -0.1) is 0 Å². The number of rotatable bonds is 2. The van der Waals surface area contributed by atoms with Crippen LogP contribution in [-0.4, -0.2) is 33.8 Å². The van der Waals surface area contributed by atoms with E-state index in [4.69, 9.17) is 0 Å². The number of piperidine rings is 1. The predicted octanol–water partition coefficient (Wildman–Crippen LogP) is 3.78. The maximum absolute atomic E-state index is 12.6. The summed E-state index contributed by atoms with van der Waals surface area (Å²) in [6.45, 7) is 8.06. The lowest BCUT2D eigenvalue weighted by Crippen LogP contribution is -2.47. The first-order chi connectivity index (χ1) is 11.4. The zero-order valence-corrected chi connectivity index (χ0v) is 14.9. The van der Waals surface area contributed by atoms with E-state index in [0.29, 0.717) is 11.7 Å². The topological polar surface area (TPSA) is 50.2 Å². The number of nitrogens with one attached hydrogen (secondary N) is 1. The molecule has 0 spiro atoms. The van der Waals surface area contributed by atoms with Crippen molar-refractivity contribution >= 4 is 11.8 Å². The highest BCUT2D eigenvalue weighted by Crippen LogP contribution is 2.42. The fraction of sp³-hybridized carbons (Fsp3) is 0.474. The highest BCUT2D eigenvalue weighted by Gasteiger charge is 2.38. The normalized spacial score (nSPS) is 20.0. The van der Waals surface area contributed by atoms with E-state index in [9.17, 15) is 4.79 Å². The van der Waals surface area contributed by atoms with Crippen molar-refractivity contribution in [3.05, 3.63) is 47.7 Å². The SMILES string of the molecule is Cc1cc(NC(=O)N2CCC(C)(C)[C@@H](c3ccccc3)C2)nn1C. The molecule has 1 N–H and O–H groups in total. The molecule has 1 aromatic carbocycles. The van der Waals surface area contributed by atoms with E-state index in [2.05, 4.69) is 48.5 Å². The standard InChI is InChI=1S/C19H26N4O/c1-14-12-17(21-22(14)4)20-18(24)23-11-10-19(2,3)16(13-23)15-8-6-5-7-9-15/h5-9,12,16H,10-11,13H2,1-4H3,(H,20,21,24)/t16-/m1/s1. The van der Waals surface area contributed by atoms with Gasteiger partial charge in [0.15, 0.2) is 5.82 Å². The molecular weight excluding hydrogens is 300 g/mol. The Hall–Kier alpha value is -2.30. The number of benzene rings is 1. The van der Waals surface area contributed by atoms with Crippen LogP contribution in [0.25, 0.3) is 0 Å². The van der Waals surface area contributed by atoms with E-state index in [1.807, 2.05) is 31.0 Å². The predicted molar refractivity (Wildman–Crippen MR) is 96.1 cm³/mol. The van der Waals surface area contributed by atoms with E-state index in [1.54, 1.807) is 4.68 Å². The minimum Gasteiger partial charge on any atom is -0.324 e. The lowest BCUT2D eigenvalue weighted by atomic mass is 9.70. The second-order valence-corrected chi connectivity index (χ2v) is 7.37. The molecule has 3 rings (SSSR count). The third-order valence-corrected chi connectivity index (χ3v) is 5.21. The number of amides is 2. The Bertz CT molecular complexity index is 701. The Labute approximate surface area is 143 Å². The molecular formula is C19H26N4O. The molecule has 5 nitrogen and oxygen atoms in total. The Balaban J connectivity index is 1.74. The zero-order chi connectivity index (χ0) is 17.3. The fourth-order valence-corrected chi connectivity index (χ4v) is 3.39. The number of aryl methyl sites for hydroxylation is 2. The molecule has 1 aromatic heterocycles. The molecule has 2 heterocycles. The van der Waals surface area contributed by atoms with Crippen molar-refractivity contribution in [2.45, 2.75) is 33.1 Å². The molecule has 0 bridgehead atoms. The van der Waals surface area contributed by atoms with Gasteiger partial charge in [0.2, 0.25) is 0 Å². The number of urea groups is 1. The summed E-state index contributed by atoms with van der Waals surface area (Å²) in [6.07, 6.45) is 0.987. The fourth-order valence-electron chi connectivity index (χ4n) is 3.39. The van der Waals surface area contributed by atoms with Gasteiger partial charge in [0.05, 0.1) is 0 Å². The number of carbonyl (C=O) groups excluding carboxylic acids is 1. The minimum atomic E-state index is -0.0652. The smallest absolute Gasteiger partial charge is 0.323 e. The molecule has 5 heteroatoms. The lowest BCUT2D eigenvalue weighted by molar-refractivity contribution is 0.123. The first-order valence-corrected chi connectivity index (χ1v) is 8.48. The maximum Gasteiger partial charge on any atom is 0.323 e. The van der Waals surface area contributed by atoms with E-state index in [1.165, 1.54) is 5.56 Å². The van der Waals surface area contributed by atoms with Gasteiger partial charge in [0.1, 0.15) is 0 Å². The van der Waals surface area contributed by atoms with Crippen LogP contribution >= 0.6 is 0 Å². The molecule has 0 unspecified atom stereocenters. The number of carbonyl (C=O) groups is 1. The summed E-state index contributed by atoms with van der Waals surface area (Å²) in [7, 11) is 1.87. The summed E-state index contributed by atoms with van der Waals surface area (Å²) in [4.78, 5) is 14.6. The van der Waals surface area contributed by atoms with Crippen LogP contribution in [-0.2, 0) is 7.05 Å². The molecule has 2 amide bonds. The maximum atomic E-state index is 12.6. The molecule has 24 heavy (non-hydrogen) atoms. The summed E-state index contributed by atoms with van der Waals surface area (Å²) < 4.78 is 1.77. The molecule has 1 saturated heterocycles. The third-order valence-electron chi connectivity index (χ3n) is 5.21. The number of nitrogens with zero attached hydrogens (tertiary/aromatic N) is 3. The van der Waals surface area contributed by atoms with Crippen LogP contribution in [0.15, 0.2) is 36.4 Å². The highest BCUT2D eigenvalue weighted by atomic mass is 16.2. The summed E-state index contributed by atoms with van der Waals surface area (Å²) in [5.74, 6) is 0.949. The van der Waals surface area contributed by atoms with Crippen molar-refractivity contribution in [3.63, 3.8) is 0 Å². The van der Waals surface area contributed by atoms with E-state index in [0.717, 1.165) is 25.2 Å². The second kappa shape index (κ2) is 6.30. The van der Waals surface area contributed by atoms with Crippen LogP contribution < -0.4 is 5.32 Å². The summed E-state index contributed by atoms with van der Waals surface area (Å²) in [5, 5.41) is 7.24. The third kappa shape index (κ3) is 3.30. The van der Waals surface area contributed by atoms with Crippen LogP contribution in [0.1, 0.15) is 37.4 Å². The Morgan fingerprint density at radius 1 is 1.29 bits per heavy atom. The molecule has 1 aliphatic heterocycles. The van der Waals surface area contributed by atoms with Crippen molar-refractivity contribution in [2.75, 3.05) is 18.4 Å². The molecule has 128 valence electrons. The van der Waals surface area contributed by atoms with E-state index in [-0.39, 0.29) is 11.4 Å². The zero-order valence-electron chi connectivity index (χ0n) is 14.9. The Morgan fingerprint density at radius 3 is 2.62 bits per heavy atom. The van der Waals surface area contributed by atoms with Gasteiger partial charge in [-0.1, -0.05) is 44.2 Å². The quantitative estimate of drug-likeness (QED) is 0.913. The molecule has 1 aliphatic rings. The van der Waals surface area contributed by atoms with Gasteiger partial charge in [-0.3, -0.25) is 10.00 Å². The minimum absolute atomic E-state index is 0.0652. The van der Waals surface area contributed by atoms with E-state index < -0.39 is 0 Å². The van der Waals surface area contributed by atoms with E-state index >= 15 is 0 Å². The number of hydrogen-bond acceptors (Lipinski definition) is 2. The molecule has 2 aromatic rings. The van der Waals surface area contributed by atoms with Crippen molar-refractivity contribution in [1.82, 2.24) is 14.7 Å². The summed E-state index contributed by atoms with van der Waals surface area (Å²) in [6, 6.07) is 12.3. The summed E-state index contributed by atoms with van der Waals surface area (Å²) >= 11 is 0. The van der Waals surface area contributed by atoms with Crippen molar-refractivity contribution in [3.8, 4) is 0 Å². The Kier molecular flexibility index (Phi) is 4.35. The van der Waals surface area contributed by atoms with Crippen LogP contribution in [0.2, 0.25) is 0 Å². The first kappa shape index (κ1) is 16.6. The summed E-state index contributed by atoms with van der Waals surface area (Å²) in [5.41, 5.74) is 2.50. The van der Waals surface area contributed by atoms with Crippen LogP contribution in [0.3, 0.4) is 0 Å². The lowest BCUT2D eigenvalue weighted by Gasteiger charge is -2.44. The van der Waals surface area contributed by atoms with Crippen LogP contribution in [0, 0.1) is 12.3 Å². The molecule has 0 radical (unpaired) electrons. The van der Waals surface area contributed by atoms with Crippen molar-refractivity contribution in [1.29, 1.82) is 0 Å². The monoisotopic (exact) mass is 326 g/mol. The van der Waals surface area contributed by atoms with Gasteiger partial charge in [0, 0.05) is 37.8 Å². The first-order valence-electron chi connectivity index (χ1n) is 8.48. The number of aromatic nitrogens is 2. The molecule has 0 saturated carbocycles. The van der Waals surface area contributed by atoms with Gasteiger partial charge in [0.25, 0.3) is 0 Å². The second-order valence-electron chi connectivity index (χ2n) is 7.37. The molecule has 1 fully saturated rings. The van der Waals surface area contributed by atoms with Crippen LogP contribution in [0.5, 0.6) is 0 Å². The largest absolute Gasteiger partial charge is 0.324 e. The highest BCUT2D eigenvalue weighted by molar-refractivity contribution is 5.88. The number of likely N-dealkylation sites (tertiary alicyclic amines) is 1.